The van der Waals surface area contributed by atoms with Crippen molar-refractivity contribution in [3.8, 4) is 0 Å². The van der Waals surface area contributed by atoms with Crippen LogP contribution in [-0.2, 0) is 10.4 Å². The van der Waals surface area contributed by atoms with E-state index < -0.39 is 11.5 Å². The molecule has 0 aliphatic carbocycles. The van der Waals surface area contributed by atoms with Crippen LogP contribution < -0.4 is 4.90 Å². The Kier molecular flexibility index (Phi) is 4.88. The number of amides is 1. The molecule has 1 unspecified atom stereocenters. The lowest BCUT2D eigenvalue weighted by Crippen LogP contribution is -2.45. The highest BCUT2D eigenvalue weighted by molar-refractivity contribution is 9.10. The van der Waals surface area contributed by atoms with Crippen molar-refractivity contribution >= 4 is 33.3 Å². The SMILES string of the molecule is O=C(CC1(O)C(=O)N(CN2CCCC2)c2ccccc21)c1ccc(Br)cc1. The van der Waals surface area contributed by atoms with Gasteiger partial charge in [0, 0.05) is 15.6 Å². The summed E-state index contributed by atoms with van der Waals surface area (Å²) in [5, 5.41) is 11.3. The quantitative estimate of drug-likeness (QED) is 0.742. The Morgan fingerprint density at radius 3 is 2.44 bits per heavy atom. The van der Waals surface area contributed by atoms with Crippen LogP contribution in [0.1, 0.15) is 35.2 Å². The standard InChI is InChI=1S/C21H21BrN2O3/c22-16-9-7-15(8-10-16)19(25)13-21(27)17-5-1-2-6-18(17)24(20(21)26)14-23-11-3-4-12-23/h1-2,5-10,27H,3-4,11-14H2. The smallest absolute Gasteiger partial charge is 0.265 e. The van der Waals surface area contributed by atoms with Crippen LogP contribution in [0.3, 0.4) is 0 Å². The lowest BCUT2D eigenvalue weighted by molar-refractivity contribution is -0.136. The zero-order chi connectivity index (χ0) is 19.0. The molecule has 1 fully saturated rings. The highest BCUT2D eigenvalue weighted by atomic mass is 79.9. The number of carbonyl (C=O) groups excluding carboxylic acids is 2. The molecule has 2 aromatic rings. The summed E-state index contributed by atoms with van der Waals surface area (Å²) in [6.45, 7) is 2.34. The molecular formula is C21H21BrN2O3. The van der Waals surface area contributed by atoms with E-state index in [-0.39, 0.29) is 12.2 Å². The molecule has 2 aromatic carbocycles. The van der Waals surface area contributed by atoms with E-state index >= 15 is 0 Å². The van der Waals surface area contributed by atoms with Gasteiger partial charge in [0.15, 0.2) is 11.4 Å². The molecule has 2 heterocycles. The Balaban J connectivity index is 1.63. The van der Waals surface area contributed by atoms with E-state index in [0.29, 0.717) is 23.5 Å². The largest absolute Gasteiger partial charge is 0.375 e. The van der Waals surface area contributed by atoms with Gasteiger partial charge in [0.1, 0.15) is 0 Å². The summed E-state index contributed by atoms with van der Waals surface area (Å²) in [5.41, 5.74) is -0.129. The second-order valence-electron chi connectivity index (χ2n) is 7.18. The van der Waals surface area contributed by atoms with Gasteiger partial charge in [-0.25, -0.2) is 0 Å². The second-order valence-corrected chi connectivity index (χ2v) is 8.10. The number of nitrogens with zero attached hydrogens (tertiary/aromatic N) is 2. The monoisotopic (exact) mass is 428 g/mol. The first-order chi connectivity index (χ1) is 13.0. The minimum absolute atomic E-state index is 0.254. The fourth-order valence-corrected chi connectivity index (χ4v) is 4.18. The van der Waals surface area contributed by atoms with Gasteiger partial charge in [0.25, 0.3) is 5.91 Å². The number of carbonyl (C=O) groups is 2. The van der Waals surface area contributed by atoms with Crippen molar-refractivity contribution in [1.82, 2.24) is 4.90 Å². The number of hydrogen-bond donors (Lipinski definition) is 1. The van der Waals surface area contributed by atoms with Crippen molar-refractivity contribution in [3.05, 3.63) is 64.1 Å². The maximum Gasteiger partial charge on any atom is 0.265 e. The summed E-state index contributed by atoms with van der Waals surface area (Å²) in [4.78, 5) is 29.8. The van der Waals surface area contributed by atoms with E-state index in [9.17, 15) is 14.7 Å². The lowest BCUT2D eigenvalue weighted by atomic mass is 9.88. The van der Waals surface area contributed by atoms with Gasteiger partial charge < -0.3 is 5.11 Å². The van der Waals surface area contributed by atoms with Gasteiger partial charge in [-0.2, -0.15) is 0 Å². The van der Waals surface area contributed by atoms with Crippen LogP contribution in [0.2, 0.25) is 0 Å². The van der Waals surface area contributed by atoms with Crippen LogP contribution in [-0.4, -0.2) is 41.5 Å². The summed E-state index contributed by atoms with van der Waals surface area (Å²) in [7, 11) is 0. The fourth-order valence-electron chi connectivity index (χ4n) is 3.91. The Morgan fingerprint density at radius 1 is 1.07 bits per heavy atom. The molecule has 0 spiro atoms. The summed E-state index contributed by atoms with van der Waals surface area (Å²) >= 11 is 3.35. The molecule has 140 valence electrons. The fraction of sp³-hybridized carbons (Fsp3) is 0.333. The van der Waals surface area contributed by atoms with Crippen molar-refractivity contribution in [3.63, 3.8) is 0 Å². The number of fused-ring (bicyclic) bond motifs is 1. The van der Waals surface area contributed by atoms with E-state index in [1.165, 1.54) is 0 Å². The number of benzene rings is 2. The molecule has 2 aliphatic heterocycles. The summed E-state index contributed by atoms with van der Waals surface area (Å²) in [6.07, 6.45) is 1.98. The molecule has 0 saturated carbocycles. The third-order valence-corrected chi connectivity index (χ3v) is 5.89. The number of halogens is 1. The third-order valence-electron chi connectivity index (χ3n) is 5.36. The zero-order valence-corrected chi connectivity index (χ0v) is 16.5. The first-order valence-corrected chi connectivity index (χ1v) is 9.93. The van der Waals surface area contributed by atoms with Crippen molar-refractivity contribution in [2.45, 2.75) is 24.9 Å². The molecule has 1 atom stereocenters. The Morgan fingerprint density at radius 2 is 1.74 bits per heavy atom. The number of hydrogen-bond acceptors (Lipinski definition) is 4. The Labute approximate surface area is 166 Å². The molecule has 0 bridgehead atoms. The summed E-state index contributed by atoms with van der Waals surface area (Å²) < 4.78 is 0.872. The molecule has 27 heavy (non-hydrogen) atoms. The normalized spacial score (nSPS) is 22.3. The molecule has 5 nitrogen and oxygen atoms in total. The van der Waals surface area contributed by atoms with Crippen molar-refractivity contribution in [2.75, 3.05) is 24.7 Å². The van der Waals surface area contributed by atoms with E-state index in [0.717, 1.165) is 30.4 Å². The number of likely N-dealkylation sites (tertiary alicyclic amines) is 1. The van der Waals surface area contributed by atoms with Crippen LogP contribution in [0, 0.1) is 0 Å². The Hall–Kier alpha value is -2.02. The van der Waals surface area contributed by atoms with Crippen LogP contribution in [0.5, 0.6) is 0 Å². The van der Waals surface area contributed by atoms with E-state index in [1.807, 2.05) is 12.1 Å². The molecule has 0 radical (unpaired) electrons. The molecule has 1 amide bonds. The van der Waals surface area contributed by atoms with Crippen molar-refractivity contribution in [2.24, 2.45) is 0 Å². The number of ketones is 1. The van der Waals surface area contributed by atoms with Gasteiger partial charge in [0.2, 0.25) is 0 Å². The minimum Gasteiger partial charge on any atom is -0.375 e. The van der Waals surface area contributed by atoms with Gasteiger partial charge >= 0.3 is 0 Å². The van der Waals surface area contributed by atoms with Crippen LogP contribution in [0.15, 0.2) is 53.0 Å². The third kappa shape index (κ3) is 3.33. The van der Waals surface area contributed by atoms with Gasteiger partial charge in [-0.3, -0.25) is 19.4 Å². The van der Waals surface area contributed by atoms with Gasteiger partial charge in [-0.15, -0.1) is 0 Å². The first kappa shape index (κ1) is 18.3. The number of Topliss-reactive ketones (excluding diaryl/α,β-unsaturated/α-hetero) is 1. The molecule has 6 heteroatoms. The minimum atomic E-state index is -1.82. The van der Waals surface area contributed by atoms with Crippen LogP contribution >= 0.6 is 15.9 Å². The molecule has 4 rings (SSSR count). The number of rotatable bonds is 5. The summed E-state index contributed by atoms with van der Waals surface area (Å²) in [6, 6.07) is 14.2. The van der Waals surface area contributed by atoms with E-state index in [1.54, 1.807) is 41.3 Å². The van der Waals surface area contributed by atoms with Crippen LogP contribution in [0.25, 0.3) is 0 Å². The van der Waals surface area contributed by atoms with Crippen molar-refractivity contribution < 1.29 is 14.7 Å². The first-order valence-electron chi connectivity index (χ1n) is 9.14. The number of aliphatic hydroxyl groups is 1. The topological polar surface area (TPSA) is 60.9 Å². The lowest BCUT2D eigenvalue weighted by Gasteiger charge is -2.26. The highest BCUT2D eigenvalue weighted by Crippen LogP contribution is 2.43. The predicted molar refractivity (Wildman–Crippen MR) is 107 cm³/mol. The second kappa shape index (κ2) is 7.19. The van der Waals surface area contributed by atoms with Gasteiger partial charge in [-0.1, -0.05) is 46.3 Å². The predicted octanol–water partition coefficient (Wildman–Crippen LogP) is 3.31. The molecule has 2 aliphatic rings. The maximum absolute atomic E-state index is 13.2. The average molecular weight is 429 g/mol. The molecule has 0 aromatic heterocycles. The van der Waals surface area contributed by atoms with Crippen LogP contribution in [0.4, 0.5) is 5.69 Å². The Bertz CT molecular complexity index is 877. The maximum atomic E-state index is 13.2. The number of anilines is 1. The zero-order valence-electron chi connectivity index (χ0n) is 14.9. The molecule has 1 N–H and O–H groups in total. The number of para-hydroxylation sites is 1. The average Bonchev–Trinajstić information content (AvgIpc) is 3.25. The van der Waals surface area contributed by atoms with E-state index in [2.05, 4.69) is 20.8 Å². The van der Waals surface area contributed by atoms with Gasteiger partial charge in [0.05, 0.1) is 18.8 Å². The molecule has 1 saturated heterocycles. The molecular weight excluding hydrogens is 408 g/mol. The van der Waals surface area contributed by atoms with Gasteiger partial charge in [-0.05, 0) is 44.1 Å². The summed E-state index contributed by atoms with van der Waals surface area (Å²) in [5.74, 6) is -0.669. The van der Waals surface area contributed by atoms with E-state index in [4.69, 9.17) is 0 Å². The van der Waals surface area contributed by atoms with Crippen molar-refractivity contribution in [1.29, 1.82) is 0 Å². The highest BCUT2D eigenvalue weighted by Gasteiger charge is 2.51.